The first kappa shape index (κ1) is 21.3. The number of aliphatic imine (C=N–C) groups is 1. The van der Waals surface area contributed by atoms with Crippen LogP contribution in [0.4, 0.5) is 5.69 Å². The van der Waals surface area contributed by atoms with Gasteiger partial charge in [-0.15, -0.1) is 0 Å². The molecule has 0 bridgehead atoms. The van der Waals surface area contributed by atoms with E-state index in [-0.39, 0.29) is 10.7 Å². The van der Waals surface area contributed by atoms with Gasteiger partial charge < -0.3 is 10.1 Å². The van der Waals surface area contributed by atoms with Crippen LogP contribution < -0.4 is 10.0 Å². The van der Waals surface area contributed by atoms with Gasteiger partial charge in [0.2, 0.25) is 0 Å². The summed E-state index contributed by atoms with van der Waals surface area (Å²) in [6, 6.07) is 23.2. The molecule has 9 heteroatoms. The van der Waals surface area contributed by atoms with Crippen molar-refractivity contribution in [3.8, 4) is 11.1 Å². The second-order valence-electron chi connectivity index (χ2n) is 6.89. The fourth-order valence-electron chi connectivity index (χ4n) is 3.23. The maximum absolute atomic E-state index is 12.3. The van der Waals surface area contributed by atoms with Crippen molar-refractivity contribution in [3.63, 3.8) is 0 Å². The molecule has 0 spiro atoms. The van der Waals surface area contributed by atoms with Gasteiger partial charge in [0.25, 0.3) is 15.9 Å². The number of nitrogens with zero attached hydrogens (tertiary/aromatic N) is 1. The van der Waals surface area contributed by atoms with Crippen molar-refractivity contribution in [3.05, 3.63) is 84.4 Å². The van der Waals surface area contributed by atoms with E-state index < -0.39 is 35.1 Å². The number of sulfonamides is 1. The summed E-state index contributed by atoms with van der Waals surface area (Å²) < 4.78 is 31.4. The highest BCUT2D eigenvalue weighted by atomic mass is 32.2. The van der Waals surface area contributed by atoms with Gasteiger partial charge >= 0.3 is 5.97 Å². The minimum atomic E-state index is -3.69. The lowest BCUT2D eigenvalue weighted by Gasteiger charge is -2.11. The molecule has 3 aromatic carbocycles. The topological polar surface area (TPSA) is 114 Å². The molecule has 0 atom stereocenters. The van der Waals surface area contributed by atoms with Crippen LogP contribution in [0.3, 0.4) is 0 Å². The van der Waals surface area contributed by atoms with Crippen LogP contribution in [0.1, 0.15) is 5.56 Å². The molecule has 1 aliphatic heterocycles. The maximum Gasteiger partial charge on any atom is 0.328 e. The lowest BCUT2D eigenvalue weighted by molar-refractivity contribution is -0.145. The molecule has 0 saturated carbocycles. The first-order valence-electron chi connectivity index (χ1n) is 9.70. The van der Waals surface area contributed by atoms with E-state index in [9.17, 15) is 18.0 Å². The molecule has 32 heavy (non-hydrogen) atoms. The Balaban J connectivity index is 1.35. The maximum atomic E-state index is 12.3. The van der Waals surface area contributed by atoms with Crippen LogP contribution in [0.25, 0.3) is 11.1 Å². The minimum Gasteiger partial charge on any atom is -0.454 e. The van der Waals surface area contributed by atoms with Crippen LogP contribution in [0.5, 0.6) is 0 Å². The van der Waals surface area contributed by atoms with E-state index in [4.69, 9.17) is 4.74 Å². The molecule has 0 aliphatic carbocycles. The molecule has 162 valence electrons. The molecule has 8 nitrogen and oxygen atoms in total. The van der Waals surface area contributed by atoms with Gasteiger partial charge in [-0.05, 0) is 23.8 Å². The Morgan fingerprint density at radius 3 is 2.31 bits per heavy atom. The van der Waals surface area contributed by atoms with Crippen LogP contribution in [0.15, 0.2) is 88.8 Å². The average molecular weight is 449 g/mol. The summed E-state index contributed by atoms with van der Waals surface area (Å²) in [7, 11) is -3.69. The smallest absolute Gasteiger partial charge is 0.328 e. The number of esters is 1. The number of amidine groups is 1. The summed E-state index contributed by atoms with van der Waals surface area (Å²) in [5.41, 5.74) is 2.76. The normalized spacial score (nSPS) is 14.9. The van der Waals surface area contributed by atoms with Gasteiger partial charge in [0, 0.05) is 16.8 Å². The summed E-state index contributed by atoms with van der Waals surface area (Å²) >= 11 is 0. The molecule has 0 saturated heterocycles. The van der Waals surface area contributed by atoms with E-state index in [2.05, 4.69) is 15.0 Å². The Bertz CT molecular complexity index is 1300. The third-order valence-electron chi connectivity index (χ3n) is 4.68. The molecular formula is C23H19N3O5S. The average Bonchev–Trinajstić information content (AvgIpc) is 3.07. The number of para-hydroxylation sites is 1. The SMILES string of the molecule is O=C(COC(=O)CN=C1NS(=O)(=O)c2ccccc21)Nc1ccccc1-c1ccccc1. The Morgan fingerprint density at radius 1 is 0.875 bits per heavy atom. The highest BCUT2D eigenvalue weighted by Crippen LogP contribution is 2.27. The molecule has 0 radical (unpaired) electrons. The van der Waals surface area contributed by atoms with Crippen LogP contribution in [0.2, 0.25) is 0 Å². The highest BCUT2D eigenvalue weighted by Gasteiger charge is 2.30. The van der Waals surface area contributed by atoms with Gasteiger partial charge in [-0.1, -0.05) is 60.7 Å². The predicted molar refractivity (Wildman–Crippen MR) is 120 cm³/mol. The van der Waals surface area contributed by atoms with E-state index >= 15 is 0 Å². The summed E-state index contributed by atoms with van der Waals surface area (Å²) in [4.78, 5) is 28.4. The van der Waals surface area contributed by atoms with Crippen molar-refractivity contribution in [1.29, 1.82) is 0 Å². The number of anilines is 1. The predicted octanol–water partition coefficient (Wildman–Crippen LogP) is 2.57. The number of amides is 1. The summed E-state index contributed by atoms with van der Waals surface area (Å²) in [5, 5.41) is 2.74. The van der Waals surface area contributed by atoms with Crippen molar-refractivity contribution in [1.82, 2.24) is 4.72 Å². The number of benzene rings is 3. The molecule has 0 unspecified atom stereocenters. The van der Waals surface area contributed by atoms with E-state index in [1.807, 2.05) is 42.5 Å². The third kappa shape index (κ3) is 4.68. The summed E-state index contributed by atoms with van der Waals surface area (Å²) in [5.74, 6) is -1.19. The number of hydrogen-bond donors (Lipinski definition) is 2. The van der Waals surface area contributed by atoms with Crippen LogP contribution in [0, 0.1) is 0 Å². The monoisotopic (exact) mass is 449 g/mol. The molecule has 1 aliphatic rings. The Kier molecular flexibility index (Phi) is 6.00. The number of rotatable bonds is 6. The van der Waals surface area contributed by atoms with Gasteiger partial charge in [-0.3, -0.25) is 19.3 Å². The number of carbonyl (C=O) groups excluding carboxylic acids is 2. The Hall–Kier alpha value is -3.98. The molecule has 0 aromatic heterocycles. The van der Waals surface area contributed by atoms with Crippen molar-refractivity contribution in [2.24, 2.45) is 4.99 Å². The molecule has 1 heterocycles. The van der Waals surface area contributed by atoms with Crippen LogP contribution >= 0.6 is 0 Å². The fraction of sp³-hybridized carbons (Fsp3) is 0.0870. The standard InChI is InChI=1S/C23H19N3O5S/c27-21(25-19-12-6-4-10-17(19)16-8-2-1-3-9-16)15-31-22(28)14-24-23-18-11-5-7-13-20(18)32(29,30)26-23/h1-13H,14-15H2,(H,24,26)(H,25,27). The van der Waals surface area contributed by atoms with E-state index in [1.165, 1.54) is 6.07 Å². The zero-order valence-corrected chi connectivity index (χ0v) is 17.6. The number of fused-ring (bicyclic) bond motifs is 1. The van der Waals surface area contributed by atoms with Crippen molar-refractivity contribution in [2.75, 3.05) is 18.5 Å². The Morgan fingerprint density at radius 2 is 1.53 bits per heavy atom. The van der Waals surface area contributed by atoms with E-state index in [0.717, 1.165) is 11.1 Å². The van der Waals surface area contributed by atoms with Gasteiger partial charge in [0.15, 0.2) is 6.61 Å². The van der Waals surface area contributed by atoms with Gasteiger partial charge in [-0.2, -0.15) is 0 Å². The molecule has 2 N–H and O–H groups in total. The van der Waals surface area contributed by atoms with Crippen LogP contribution in [-0.4, -0.2) is 39.3 Å². The van der Waals surface area contributed by atoms with E-state index in [0.29, 0.717) is 11.3 Å². The number of carbonyl (C=O) groups is 2. The van der Waals surface area contributed by atoms with E-state index in [1.54, 1.807) is 30.3 Å². The van der Waals surface area contributed by atoms with Gasteiger partial charge in [0.1, 0.15) is 12.4 Å². The fourth-order valence-corrected chi connectivity index (χ4v) is 4.49. The number of ether oxygens (including phenoxy) is 1. The first-order valence-corrected chi connectivity index (χ1v) is 11.2. The summed E-state index contributed by atoms with van der Waals surface area (Å²) in [6.07, 6.45) is 0. The zero-order valence-electron chi connectivity index (χ0n) is 16.8. The van der Waals surface area contributed by atoms with Crippen molar-refractivity contribution < 1.29 is 22.7 Å². The molecule has 3 aromatic rings. The van der Waals surface area contributed by atoms with Gasteiger partial charge in [-0.25, -0.2) is 8.42 Å². The number of nitrogens with one attached hydrogen (secondary N) is 2. The Labute approximate surface area is 185 Å². The van der Waals surface area contributed by atoms with Gasteiger partial charge in [0.05, 0.1) is 4.90 Å². The first-order chi connectivity index (χ1) is 15.4. The molecule has 0 fully saturated rings. The van der Waals surface area contributed by atoms with Crippen molar-refractivity contribution in [2.45, 2.75) is 4.90 Å². The van der Waals surface area contributed by atoms with Crippen LogP contribution in [-0.2, 0) is 24.3 Å². The second kappa shape index (κ2) is 9.03. The lowest BCUT2D eigenvalue weighted by atomic mass is 10.0. The number of hydrogen-bond acceptors (Lipinski definition) is 6. The highest BCUT2D eigenvalue weighted by molar-refractivity contribution is 7.90. The quantitative estimate of drug-likeness (QED) is 0.562. The molecule has 4 rings (SSSR count). The summed E-state index contributed by atoms with van der Waals surface area (Å²) in [6.45, 7) is -0.921. The molecular weight excluding hydrogens is 430 g/mol. The largest absolute Gasteiger partial charge is 0.454 e. The molecule has 1 amide bonds. The minimum absolute atomic E-state index is 0.0683. The third-order valence-corrected chi connectivity index (χ3v) is 6.08. The second-order valence-corrected chi connectivity index (χ2v) is 8.54. The van der Waals surface area contributed by atoms with Crippen molar-refractivity contribution >= 4 is 33.4 Å². The lowest BCUT2D eigenvalue weighted by Crippen LogP contribution is -2.25. The zero-order chi connectivity index (χ0) is 22.6.